The zero-order chi connectivity index (χ0) is 21.0. The third-order valence-corrected chi connectivity index (χ3v) is 5.38. The Hall–Kier alpha value is -1.86. The Bertz CT molecular complexity index is 969. The molecule has 11 heteroatoms. The van der Waals surface area contributed by atoms with Crippen LogP contribution in [0.1, 0.15) is 29.2 Å². The highest BCUT2D eigenvalue weighted by Crippen LogP contribution is 2.31. The van der Waals surface area contributed by atoms with Crippen molar-refractivity contribution in [1.82, 2.24) is 20.4 Å². The lowest BCUT2D eigenvalue weighted by Crippen LogP contribution is -2.39. The van der Waals surface area contributed by atoms with Crippen molar-refractivity contribution in [1.29, 1.82) is 0 Å². The van der Waals surface area contributed by atoms with Crippen molar-refractivity contribution in [3.8, 4) is 0 Å². The number of aryl methyl sites for hydroxylation is 1. The van der Waals surface area contributed by atoms with E-state index in [1.54, 1.807) is 0 Å². The minimum Gasteiger partial charge on any atom is -0.386 e. The second kappa shape index (κ2) is 10.4. The highest BCUT2D eigenvalue weighted by Gasteiger charge is 2.36. The maximum Gasteiger partial charge on any atom is 0.435 e. The SMILES string of the molecule is CCNC(=NCc1cn(C)nc1C(F)(F)F)NCC(O)c1cc2ccccc2s1.I. The van der Waals surface area contributed by atoms with Crippen LogP contribution in [0.5, 0.6) is 0 Å². The van der Waals surface area contributed by atoms with E-state index < -0.39 is 18.0 Å². The Balaban J connectivity index is 0.00000320. The molecule has 0 radical (unpaired) electrons. The third kappa shape index (κ3) is 6.08. The van der Waals surface area contributed by atoms with Gasteiger partial charge in [-0.05, 0) is 24.4 Å². The number of guanidine groups is 1. The van der Waals surface area contributed by atoms with Gasteiger partial charge in [-0.3, -0.25) is 4.68 Å². The molecule has 3 N–H and O–H groups in total. The first-order chi connectivity index (χ1) is 13.8. The number of alkyl halides is 3. The van der Waals surface area contributed by atoms with Gasteiger partial charge in [0, 0.05) is 41.5 Å². The molecule has 0 aliphatic rings. The van der Waals surface area contributed by atoms with Crippen LogP contribution in [0.15, 0.2) is 41.5 Å². The lowest BCUT2D eigenvalue weighted by atomic mass is 10.2. The van der Waals surface area contributed by atoms with Crippen molar-refractivity contribution in [2.45, 2.75) is 25.7 Å². The summed E-state index contributed by atoms with van der Waals surface area (Å²) >= 11 is 1.50. The predicted octanol–water partition coefficient (Wildman–Crippen LogP) is 4.06. The first kappa shape index (κ1) is 24.4. The maximum absolute atomic E-state index is 13.1. The topological polar surface area (TPSA) is 74.5 Å². The summed E-state index contributed by atoms with van der Waals surface area (Å²) in [7, 11) is 1.44. The summed E-state index contributed by atoms with van der Waals surface area (Å²) in [5.74, 6) is 0.324. The summed E-state index contributed by atoms with van der Waals surface area (Å²) in [6, 6.07) is 9.78. The molecule has 164 valence electrons. The monoisotopic (exact) mass is 553 g/mol. The van der Waals surface area contributed by atoms with Crippen LogP contribution in [0.25, 0.3) is 10.1 Å². The van der Waals surface area contributed by atoms with Crippen LogP contribution in [0.4, 0.5) is 13.2 Å². The number of aliphatic hydroxyl groups is 1. The average molecular weight is 553 g/mol. The fraction of sp³-hybridized carbons (Fsp3) is 0.368. The van der Waals surface area contributed by atoms with Crippen LogP contribution in [0.2, 0.25) is 0 Å². The quantitative estimate of drug-likeness (QED) is 0.245. The largest absolute Gasteiger partial charge is 0.435 e. The van der Waals surface area contributed by atoms with Crippen molar-refractivity contribution >= 4 is 51.4 Å². The molecule has 0 bridgehead atoms. The molecule has 30 heavy (non-hydrogen) atoms. The lowest BCUT2D eigenvalue weighted by molar-refractivity contribution is -0.142. The summed E-state index contributed by atoms with van der Waals surface area (Å²) in [6.45, 7) is 2.38. The van der Waals surface area contributed by atoms with E-state index in [9.17, 15) is 18.3 Å². The minimum atomic E-state index is -4.53. The standard InChI is InChI=1S/C19H22F3N5OS.HI/c1-3-23-18(24-9-13-11-27(2)26-17(13)19(20,21)22)25-10-14(28)16-8-12-6-4-5-7-15(12)29-16;/h4-8,11,14,28H,3,9-10H2,1-2H3,(H2,23,24,25);1H. The van der Waals surface area contributed by atoms with Gasteiger partial charge in [0.05, 0.1) is 6.54 Å². The number of fused-ring (bicyclic) bond motifs is 1. The normalized spacial score (nSPS) is 13.2. The maximum atomic E-state index is 13.1. The zero-order valence-electron chi connectivity index (χ0n) is 16.4. The van der Waals surface area contributed by atoms with E-state index in [0.717, 1.165) is 19.6 Å². The molecule has 2 heterocycles. The number of aliphatic imine (C=N–C) groups is 1. The molecule has 3 aromatic rings. The summed E-state index contributed by atoms with van der Waals surface area (Å²) in [5, 5.41) is 21.0. The Labute approximate surface area is 193 Å². The number of hydrogen-bond acceptors (Lipinski definition) is 4. The second-order valence-electron chi connectivity index (χ2n) is 6.45. The highest BCUT2D eigenvalue weighted by molar-refractivity contribution is 14.0. The van der Waals surface area contributed by atoms with Crippen molar-refractivity contribution in [2.24, 2.45) is 12.0 Å². The molecule has 0 spiro atoms. The molecule has 0 saturated carbocycles. The number of benzene rings is 1. The Morgan fingerprint density at radius 2 is 2.03 bits per heavy atom. The van der Waals surface area contributed by atoms with Gasteiger partial charge in [-0.1, -0.05) is 18.2 Å². The van der Waals surface area contributed by atoms with Gasteiger partial charge in [0.25, 0.3) is 0 Å². The summed E-state index contributed by atoms with van der Waals surface area (Å²) < 4.78 is 41.4. The molecule has 0 amide bonds. The smallest absolute Gasteiger partial charge is 0.386 e. The van der Waals surface area contributed by atoms with Crippen molar-refractivity contribution in [3.63, 3.8) is 0 Å². The van der Waals surface area contributed by atoms with Gasteiger partial charge in [0.15, 0.2) is 11.7 Å². The van der Waals surface area contributed by atoms with E-state index in [1.807, 2.05) is 37.3 Å². The van der Waals surface area contributed by atoms with E-state index in [0.29, 0.717) is 12.5 Å². The second-order valence-corrected chi connectivity index (χ2v) is 7.57. The van der Waals surface area contributed by atoms with Gasteiger partial charge in [0.1, 0.15) is 6.10 Å². The Morgan fingerprint density at radius 1 is 1.30 bits per heavy atom. The summed E-state index contributed by atoms with van der Waals surface area (Å²) in [4.78, 5) is 5.02. The molecule has 2 aromatic heterocycles. The van der Waals surface area contributed by atoms with Crippen molar-refractivity contribution in [3.05, 3.63) is 52.7 Å². The minimum absolute atomic E-state index is 0. The van der Waals surface area contributed by atoms with Crippen LogP contribution in [0, 0.1) is 0 Å². The fourth-order valence-electron chi connectivity index (χ4n) is 2.86. The van der Waals surface area contributed by atoms with Gasteiger partial charge >= 0.3 is 6.18 Å². The van der Waals surface area contributed by atoms with Gasteiger partial charge in [-0.25, -0.2) is 4.99 Å². The number of nitrogens with zero attached hydrogens (tertiary/aromatic N) is 3. The zero-order valence-corrected chi connectivity index (χ0v) is 19.5. The van der Waals surface area contributed by atoms with Crippen LogP contribution >= 0.6 is 35.3 Å². The molecule has 1 unspecified atom stereocenters. The average Bonchev–Trinajstić information content (AvgIpc) is 3.26. The molecular formula is C19H23F3IN5OS. The Morgan fingerprint density at radius 3 is 2.70 bits per heavy atom. The fourth-order valence-corrected chi connectivity index (χ4v) is 3.91. The van der Waals surface area contributed by atoms with E-state index in [4.69, 9.17) is 0 Å². The predicted molar refractivity (Wildman–Crippen MR) is 123 cm³/mol. The van der Waals surface area contributed by atoms with Crippen LogP contribution in [-0.2, 0) is 19.8 Å². The molecule has 1 atom stereocenters. The molecule has 0 fully saturated rings. The molecule has 3 rings (SSSR count). The lowest BCUT2D eigenvalue weighted by Gasteiger charge is -2.14. The number of thiophene rings is 1. The van der Waals surface area contributed by atoms with Gasteiger partial charge < -0.3 is 15.7 Å². The van der Waals surface area contributed by atoms with Gasteiger partial charge in [0.2, 0.25) is 0 Å². The molecule has 0 saturated heterocycles. The number of aromatic nitrogens is 2. The van der Waals surface area contributed by atoms with Gasteiger partial charge in [-0.2, -0.15) is 18.3 Å². The van der Waals surface area contributed by atoms with E-state index in [1.165, 1.54) is 24.6 Å². The van der Waals surface area contributed by atoms with E-state index in [2.05, 4.69) is 20.7 Å². The summed E-state index contributed by atoms with van der Waals surface area (Å²) in [5.41, 5.74) is -0.952. The van der Waals surface area contributed by atoms with Crippen LogP contribution in [0.3, 0.4) is 0 Å². The number of halogens is 4. The molecule has 6 nitrogen and oxygen atoms in total. The molecule has 0 aliphatic carbocycles. The van der Waals surface area contributed by atoms with Crippen LogP contribution in [-0.4, -0.2) is 33.9 Å². The number of nitrogens with one attached hydrogen (secondary N) is 2. The number of aliphatic hydroxyl groups excluding tert-OH is 1. The number of rotatable bonds is 6. The molecule has 1 aromatic carbocycles. The van der Waals surface area contributed by atoms with Crippen LogP contribution < -0.4 is 10.6 Å². The summed E-state index contributed by atoms with van der Waals surface area (Å²) in [6.07, 6.45) is -3.99. The van der Waals surface area contributed by atoms with E-state index in [-0.39, 0.29) is 42.6 Å². The van der Waals surface area contributed by atoms with Crippen molar-refractivity contribution in [2.75, 3.05) is 13.1 Å². The first-order valence-electron chi connectivity index (χ1n) is 9.06. The first-order valence-corrected chi connectivity index (χ1v) is 9.88. The van der Waals surface area contributed by atoms with E-state index >= 15 is 0 Å². The highest BCUT2D eigenvalue weighted by atomic mass is 127. The Kier molecular flexibility index (Phi) is 8.50. The number of hydrogen-bond donors (Lipinski definition) is 3. The molecular weight excluding hydrogens is 530 g/mol. The molecule has 0 aliphatic heterocycles. The van der Waals surface area contributed by atoms with Crippen molar-refractivity contribution < 1.29 is 18.3 Å². The third-order valence-electron chi connectivity index (χ3n) is 4.16. The van der Waals surface area contributed by atoms with Gasteiger partial charge in [-0.15, -0.1) is 35.3 Å².